The van der Waals surface area contributed by atoms with Crippen molar-refractivity contribution in [3.63, 3.8) is 0 Å². The normalized spacial score (nSPS) is 11.2. The maximum atomic E-state index is 11.8. The van der Waals surface area contributed by atoms with Crippen LogP contribution in [0.3, 0.4) is 0 Å². The number of carboxylic acids is 3. The van der Waals surface area contributed by atoms with Crippen LogP contribution in [0.4, 0.5) is 0 Å². The SMILES string of the molecule is CCCOC(OCCC)(C(=O)[O-])C(=O)CCC.CCCOC(OCCC)(C(=O)[O-])C(=O)CCC.CCCOC(OCCC)(C(=O)[O-])C(=O)CCC.[Al+3]. The van der Waals surface area contributed by atoms with Gasteiger partial charge in [-0.05, 0) is 57.8 Å². The summed E-state index contributed by atoms with van der Waals surface area (Å²) in [4.78, 5) is 69.0. The first-order chi connectivity index (χ1) is 24.1. The number of carbonyl (C=O) groups is 6. The maximum absolute atomic E-state index is 11.8. The van der Waals surface area contributed by atoms with E-state index in [0.717, 1.165) is 0 Å². The maximum Gasteiger partial charge on any atom is 3.00 e. The zero-order valence-corrected chi connectivity index (χ0v) is 34.1. The molecule has 0 atom stereocenters. The summed E-state index contributed by atoms with van der Waals surface area (Å²) in [5.41, 5.74) is 0. The van der Waals surface area contributed by atoms with Crippen molar-refractivity contribution in [1.29, 1.82) is 0 Å². The molecule has 0 aromatic carbocycles. The summed E-state index contributed by atoms with van der Waals surface area (Å²) >= 11 is 0. The van der Waals surface area contributed by atoms with Gasteiger partial charge in [-0.1, -0.05) is 62.3 Å². The van der Waals surface area contributed by atoms with E-state index in [0.29, 0.717) is 57.8 Å². The Bertz CT molecular complexity index is 855. The van der Waals surface area contributed by atoms with Crippen LogP contribution in [0.5, 0.6) is 0 Å². The Balaban J connectivity index is -0.000000329. The fourth-order valence-electron chi connectivity index (χ4n) is 3.95. The van der Waals surface area contributed by atoms with Crippen molar-refractivity contribution in [3.05, 3.63) is 0 Å². The second kappa shape index (κ2) is 33.3. The number of carbonyl (C=O) groups excluding carboxylic acids is 6. The molecule has 52 heavy (non-hydrogen) atoms. The zero-order valence-electron chi connectivity index (χ0n) is 32.9. The van der Waals surface area contributed by atoms with Crippen molar-refractivity contribution in [3.8, 4) is 0 Å². The first kappa shape index (κ1) is 56.5. The van der Waals surface area contributed by atoms with Gasteiger partial charge in [0.2, 0.25) is 0 Å². The fraction of sp³-hybridized carbons (Fsp3) is 0.833. The molecular weight excluding hydrogens is 699 g/mol. The molecule has 15 nitrogen and oxygen atoms in total. The van der Waals surface area contributed by atoms with E-state index in [-0.39, 0.29) is 76.3 Å². The third-order valence-electron chi connectivity index (χ3n) is 6.40. The van der Waals surface area contributed by atoms with Gasteiger partial charge in [-0.15, -0.1) is 0 Å². The second-order valence-electron chi connectivity index (χ2n) is 11.3. The number of ether oxygens (including phenoxy) is 6. The van der Waals surface area contributed by atoms with Crippen molar-refractivity contribution in [2.24, 2.45) is 0 Å². The van der Waals surface area contributed by atoms with Gasteiger partial charge in [-0.3, -0.25) is 14.4 Å². The number of hydrogen-bond donors (Lipinski definition) is 0. The molecule has 0 saturated heterocycles. The molecule has 0 saturated carbocycles. The van der Waals surface area contributed by atoms with Crippen LogP contribution in [0, 0.1) is 0 Å². The van der Waals surface area contributed by atoms with Gasteiger partial charge in [0.15, 0.2) is 17.3 Å². The molecule has 16 heteroatoms. The van der Waals surface area contributed by atoms with Crippen LogP contribution in [0.2, 0.25) is 0 Å². The molecule has 0 aliphatic heterocycles. The monoisotopic (exact) mass is 762 g/mol. The van der Waals surface area contributed by atoms with E-state index in [9.17, 15) is 44.1 Å². The molecule has 0 spiro atoms. The Labute approximate surface area is 320 Å². The van der Waals surface area contributed by atoms with Crippen molar-refractivity contribution in [2.75, 3.05) is 39.6 Å². The smallest absolute Gasteiger partial charge is 0.544 e. The van der Waals surface area contributed by atoms with E-state index in [1.165, 1.54) is 0 Å². The third-order valence-corrected chi connectivity index (χ3v) is 6.40. The summed E-state index contributed by atoms with van der Waals surface area (Å²) < 4.78 is 30.7. The summed E-state index contributed by atoms with van der Waals surface area (Å²) in [6.45, 7) is 17.2. The van der Waals surface area contributed by atoms with Gasteiger partial charge in [-0.2, -0.15) is 0 Å². The van der Waals surface area contributed by atoms with E-state index in [4.69, 9.17) is 28.4 Å². The zero-order chi connectivity index (χ0) is 39.9. The van der Waals surface area contributed by atoms with Gasteiger partial charge in [0, 0.05) is 19.3 Å². The Kier molecular flexibility index (Phi) is 36.1. The van der Waals surface area contributed by atoms with Gasteiger partial charge >= 0.3 is 17.4 Å². The first-order valence-electron chi connectivity index (χ1n) is 18.2. The molecule has 0 heterocycles. The summed E-state index contributed by atoms with van der Waals surface area (Å²) in [7, 11) is 0. The summed E-state index contributed by atoms with van der Waals surface area (Å²) in [6, 6.07) is 0. The van der Waals surface area contributed by atoms with Crippen LogP contribution in [0.1, 0.15) is 139 Å². The van der Waals surface area contributed by atoms with Crippen molar-refractivity contribution < 1.29 is 72.5 Å². The van der Waals surface area contributed by atoms with Crippen molar-refractivity contribution in [2.45, 2.75) is 157 Å². The van der Waals surface area contributed by atoms with Gasteiger partial charge in [0.25, 0.3) is 17.4 Å². The molecule has 0 aromatic heterocycles. The molecule has 0 aliphatic rings. The summed E-state index contributed by atoms with van der Waals surface area (Å²) in [5, 5.41) is 33.5. The number of rotatable bonds is 30. The molecule has 0 amide bonds. The standard InChI is InChI=1S/3C12H22O5.Al/c3*1-4-7-10(13)12(11(14)15,16-8-5-2)17-9-6-3;/h3*4-9H2,1-3H3,(H,14,15);/q;;;+3/p-3. The quantitative estimate of drug-likeness (QED) is 0.0575. The van der Waals surface area contributed by atoms with E-state index in [1.54, 1.807) is 20.8 Å². The largest absolute Gasteiger partial charge is 3.00 e. The Morgan fingerprint density at radius 3 is 0.596 bits per heavy atom. The van der Waals surface area contributed by atoms with Crippen LogP contribution < -0.4 is 15.3 Å². The molecule has 0 aromatic rings. The van der Waals surface area contributed by atoms with Crippen LogP contribution in [-0.4, -0.2) is 110 Å². The van der Waals surface area contributed by atoms with Gasteiger partial charge in [0.1, 0.15) is 17.9 Å². The minimum Gasteiger partial charge on any atom is -0.544 e. The second-order valence-corrected chi connectivity index (χ2v) is 11.3. The number of aliphatic carboxylic acids is 3. The molecule has 0 radical (unpaired) electrons. The first-order valence-corrected chi connectivity index (χ1v) is 18.2. The van der Waals surface area contributed by atoms with E-state index in [2.05, 4.69) is 0 Å². The molecule has 0 fully saturated rings. The molecule has 300 valence electrons. The predicted molar refractivity (Wildman–Crippen MR) is 186 cm³/mol. The molecular formula is C36H63AlO15. The minimum atomic E-state index is -2.22. The van der Waals surface area contributed by atoms with Crippen LogP contribution in [0.25, 0.3) is 0 Å². The Morgan fingerprint density at radius 2 is 0.500 bits per heavy atom. The molecule has 0 bridgehead atoms. The van der Waals surface area contributed by atoms with Crippen molar-refractivity contribution >= 4 is 52.6 Å². The Morgan fingerprint density at radius 1 is 0.346 bits per heavy atom. The van der Waals surface area contributed by atoms with Gasteiger partial charge < -0.3 is 58.1 Å². The number of hydrogen-bond acceptors (Lipinski definition) is 15. The summed E-state index contributed by atoms with van der Waals surface area (Å²) in [5.74, 6) is -13.2. The van der Waals surface area contributed by atoms with Gasteiger partial charge in [-0.25, -0.2) is 0 Å². The van der Waals surface area contributed by atoms with Crippen LogP contribution in [0.15, 0.2) is 0 Å². The topological polar surface area (TPSA) is 227 Å². The Hall–Kier alpha value is -2.29. The average molecular weight is 763 g/mol. The number of Topliss-reactive ketones (excluding diaryl/α,β-unsaturated/α-hetero) is 3. The third kappa shape index (κ3) is 19.7. The number of carboxylic acid groups (broad SMARTS) is 3. The minimum absolute atomic E-state index is 0. The predicted octanol–water partition coefficient (Wildman–Crippen LogP) is 1.58. The van der Waals surface area contributed by atoms with E-state index < -0.39 is 52.6 Å². The number of ketones is 3. The molecule has 0 unspecified atom stereocenters. The van der Waals surface area contributed by atoms with Crippen LogP contribution >= 0.6 is 0 Å². The molecule has 0 N–H and O–H groups in total. The average Bonchev–Trinajstić information content (AvgIpc) is 3.09. The van der Waals surface area contributed by atoms with E-state index in [1.807, 2.05) is 41.5 Å². The summed E-state index contributed by atoms with van der Waals surface area (Å²) in [6.07, 6.45) is 5.52. The van der Waals surface area contributed by atoms with Crippen molar-refractivity contribution in [1.82, 2.24) is 0 Å². The fourth-order valence-corrected chi connectivity index (χ4v) is 3.95. The van der Waals surface area contributed by atoms with Gasteiger partial charge in [0.05, 0.1) is 39.6 Å². The van der Waals surface area contributed by atoms with Crippen LogP contribution in [-0.2, 0) is 57.2 Å². The van der Waals surface area contributed by atoms with E-state index >= 15 is 0 Å². The molecule has 0 rings (SSSR count). The molecule has 0 aliphatic carbocycles.